The summed E-state index contributed by atoms with van der Waals surface area (Å²) in [6.07, 6.45) is 0.413. The number of hydrogen-bond donors (Lipinski definition) is 3. The van der Waals surface area contributed by atoms with Crippen LogP contribution in [0.25, 0.3) is 0 Å². The summed E-state index contributed by atoms with van der Waals surface area (Å²) in [5, 5.41) is 5.67. The third-order valence-electron chi connectivity index (χ3n) is 3.30. The molecule has 5 nitrogen and oxygen atoms in total. The summed E-state index contributed by atoms with van der Waals surface area (Å²) in [6, 6.07) is 5.41. The highest BCUT2D eigenvalue weighted by Gasteiger charge is 2.26. The normalized spacial score (nSPS) is 11.1. The molecule has 0 aromatic heterocycles. The van der Waals surface area contributed by atoms with E-state index in [0.717, 1.165) is 5.56 Å². The Kier molecular flexibility index (Phi) is 5.27. The van der Waals surface area contributed by atoms with Crippen molar-refractivity contribution in [3.8, 4) is 0 Å². The lowest BCUT2D eigenvalue weighted by Gasteiger charge is -2.22. The molecule has 0 heterocycles. The number of rotatable bonds is 5. The molecule has 0 saturated carbocycles. The third-order valence-corrected chi connectivity index (χ3v) is 3.30. The van der Waals surface area contributed by atoms with Crippen LogP contribution in [0.2, 0.25) is 0 Å². The fraction of sp³-hybridized carbons (Fsp3) is 0.467. The molecule has 0 saturated heterocycles. The van der Waals surface area contributed by atoms with E-state index in [2.05, 4.69) is 10.6 Å². The topological polar surface area (TPSA) is 84.2 Å². The molecule has 0 aliphatic rings. The molecule has 0 spiro atoms. The predicted molar refractivity (Wildman–Crippen MR) is 81.6 cm³/mol. The highest BCUT2D eigenvalue weighted by molar-refractivity contribution is 5.98. The average Bonchev–Trinajstić information content (AvgIpc) is 2.42. The van der Waals surface area contributed by atoms with Gasteiger partial charge in [-0.05, 0) is 38.5 Å². The quantitative estimate of drug-likeness (QED) is 0.772. The molecule has 1 aromatic rings. The number of nitrogens with two attached hydrogens (primary N) is 1. The van der Waals surface area contributed by atoms with Gasteiger partial charge in [0.15, 0.2) is 0 Å². The number of carbonyl (C=O) groups excluding carboxylic acids is 2. The van der Waals surface area contributed by atoms with Crippen molar-refractivity contribution in [2.75, 3.05) is 17.2 Å². The second-order valence-electron chi connectivity index (χ2n) is 5.42. The van der Waals surface area contributed by atoms with Crippen LogP contribution in [0, 0.1) is 12.3 Å². The highest BCUT2D eigenvalue weighted by Crippen LogP contribution is 2.25. The summed E-state index contributed by atoms with van der Waals surface area (Å²) in [4.78, 5) is 23.6. The molecular formula is C15H23N3O2. The zero-order valence-electron chi connectivity index (χ0n) is 12.5. The van der Waals surface area contributed by atoms with Gasteiger partial charge < -0.3 is 16.4 Å². The van der Waals surface area contributed by atoms with E-state index in [-0.39, 0.29) is 18.4 Å². The summed E-state index contributed by atoms with van der Waals surface area (Å²) in [5.41, 5.74) is 7.19. The van der Waals surface area contributed by atoms with Gasteiger partial charge in [0, 0.05) is 24.3 Å². The van der Waals surface area contributed by atoms with Crippen molar-refractivity contribution in [1.82, 2.24) is 0 Å². The minimum atomic E-state index is -0.630. The molecule has 1 rings (SSSR count). The van der Waals surface area contributed by atoms with Gasteiger partial charge >= 0.3 is 0 Å². The van der Waals surface area contributed by atoms with E-state index in [4.69, 9.17) is 5.73 Å². The van der Waals surface area contributed by atoms with Crippen molar-refractivity contribution >= 4 is 23.2 Å². The zero-order chi connectivity index (χ0) is 15.3. The van der Waals surface area contributed by atoms with E-state index < -0.39 is 5.41 Å². The Morgan fingerprint density at radius 1 is 1.20 bits per heavy atom. The number of hydrogen-bond acceptors (Lipinski definition) is 3. The van der Waals surface area contributed by atoms with Crippen LogP contribution in [0.15, 0.2) is 18.2 Å². The average molecular weight is 277 g/mol. The summed E-state index contributed by atoms with van der Waals surface area (Å²) < 4.78 is 0. The van der Waals surface area contributed by atoms with Crippen LogP contribution in [0.1, 0.15) is 32.8 Å². The van der Waals surface area contributed by atoms with E-state index in [9.17, 15) is 9.59 Å². The number of carbonyl (C=O) groups is 2. The van der Waals surface area contributed by atoms with E-state index >= 15 is 0 Å². The Morgan fingerprint density at radius 3 is 2.25 bits per heavy atom. The maximum absolute atomic E-state index is 12.1. The number of nitrogens with one attached hydrogen (secondary N) is 2. The molecule has 0 radical (unpaired) electrons. The van der Waals surface area contributed by atoms with Crippen molar-refractivity contribution in [2.45, 2.75) is 34.1 Å². The van der Waals surface area contributed by atoms with Crippen LogP contribution in [0.5, 0.6) is 0 Å². The Morgan fingerprint density at radius 2 is 1.75 bits per heavy atom. The molecule has 0 unspecified atom stereocenters. The van der Waals surface area contributed by atoms with Crippen LogP contribution in [-0.2, 0) is 9.59 Å². The van der Waals surface area contributed by atoms with Gasteiger partial charge in [0.25, 0.3) is 0 Å². The summed E-state index contributed by atoms with van der Waals surface area (Å²) >= 11 is 0. The molecule has 2 amide bonds. The van der Waals surface area contributed by atoms with Gasteiger partial charge in [0.05, 0.1) is 5.41 Å². The lowest BCUT2D eigenvalue weighted by Crippen LogP contribution is -2.37. The Bertz CT molecular complexity index is 510. The van der Waals surface area contributed by atoms with Crippen molar-refractivity contribution in [3.05, 3.63) is 23.8 Å². The molecule has 20 heavy (non-hydrogen) atoms. The molecule has 0 atom stereocenters. The largest absolute Gasteiger partial charge is 0.329 e. The van der Waals surface area contributed by atoms with Gasteiger partial charge in [0.1, 0.15) is 0 Å². The summed E-state index contributed by atoms with van der Waals surface area (Å²) in [6.45, 7) is 7.50. The van der Waals surface area contributed by atoms with Crippen LogP contribution in [-0.4, -0.2) is 18.4 Å². The fourth-order valence-corrected chi connectivity index (χ4v) is 1.53. The van der Waals surface area contributed by atoms with Gasteiger partial charge in [-0.1, -0.05) is 13.0 Å². The van der Waals surface area contributed by atoms with Gasteiger partial charge in [-0.15, -0.1) is 0 Å². The molecule has 0 aliphatic carbocycles. The SMILES string of the molecule is CCC(=O)Nc1cccc(NC(=O)C(C)(C)CN)c1C. The molecule has 4 N–H and O–H groups in total. The number of benzene rings is 1. The minimum Gasteiger partial charge on any atom is -0.329 e. The summed E-state index contributed by atoms with van der Waals surface area (Å²) in [7, 11) is 0. The standard InChI is InChI=1S/C15H23N3O2/c1-5-13(19)17-11-7-6-8-12(10(11)2)18-14(20)15(3,4)9-16/h6-8H,5,9,16H2,1-4H3,(H,17,19)(H,18,20). The first-order valence-electron chi connectivity index (χ1n) is 6.72. The van der Waals surface area contributed by atoms with Gasteiger partial charge in [0.2, 0.25) is 11.8 Å². The molecule has 1 aromatic carbocycles. The lowest BCUT2D eigenvalue weighted by atomic mass is 9.92. The second kappa shape index (κ2) is 6.52. The zero-order valence-corrected chi connectivity index (χ0v) is 12.5. The van der Waals surface area contributed by atoms with E-state index in [0.29, 0.717) is 17.8 Å². The van der Waals surface area contributed by atoms with Gasteiger partial charge in [-0.3, -0.25) is 9.59 Å². The Hall–Kier alpha value is -1.88. The molecular weight excluding hydrogens is 254 g/mol. The third kappa shape index (κ3) is 3.81. The molecule has 0 fully saturated rings. The van der Waals surface area contributed by atoms with Gasteiger partial charge in [-0.2, -0.15) is 0 Å². The highest BCUT2D eigenvalue weighted by atomic mass is 16.2. The number of anilines is 2. The Balaban J connectivity index is 2.95. The molecule has 0 bridgehead atoms. The molecule has 0 aliphatic heterocycles. The van der Waals surface area contributed by atoms with E-state index in [1.165, 1.54) is 0 Å². The predicted octanol–water partition coefficient (Wildman–Crippen LogP) is 2.27. The molecule has 110 valence electrons. The van der Waals surface area contributed by atoms with E-state index in [1.54, 1.807) is 32.9 Å². The first-order chi connectivity index (χ1) is 9.31. The van der Waals surface area contributed by atoms with Crippen LogP contribution < -0.4 is 16.4 Å². The smallest absolute Gasteiger partial charge is 0.231 e. The van der Waals surface area contributed by atoms with Crippen LogP contribution in [0.3, 0.4) is 0 Å². The first-order valence-corrected chi connectivity index (χ1v) is 6.72. The van der Waals surface area contributed by atoms with Crippen molar-refractivity contribution in [3.63, 3.8) is 0 Å². The van der Waals surface area contributed by atoms with Gasteiger partial charge in [-0.25, -0.2) is 0 Å². The maximum Gasteiger partial charge on any atom is 0.231 e. The first kappa shape index (κ1) is 16.2. The monoisotopic (exact) mass is 277 g/mol. The van der Waals surface area contributed by atoms with E-state index in [1.807, 2.05) is 13.0 Å². The lowest BCUT2D eigenvalue weighted by molar-refractivity contribution is -0.123. The second-order valence-corrected chi connectivity index (χ2v) is 5.42. The summed E-state index contributed by atoms with van der Waals surface area (Å²) in [5.74, 6) is -0.194. The van der Waals surface area contributed by atoms with Crippen LogP contribution >= 0.6 is 0 Å². The van der Waals surface area contributed by atoms with Crippen molar-refractivity contribution in [2.24, 2.45) is 11.1 Å². The van der Waals surface area contributed by atoms with Crippen LogP contribution in [0.4, 0.5) is 11.4 Å². The van der Waals surface area contributed by atoms with Crippen molar-refractivity contribution in [1.29, 1.82) is 0 Å². The maximum atomic E-state index is 12.1. The number of amides is 2. The van der Waals surface area contributed by atoms with Crippen molar-refractivity contribution < 1.29 is 9.59 Å². The fourth-order valence-electron chi connectivity index (χ4n) is 1.53. The molecule has 5 heteroatoms. The minimum absolute atomic E-state index is 0.0566. The Labute approximate surface area is 119 Å².